The number of hydrogen-bond donors (Lipinski definition) is 0. The molecule has 0 saturated carbocycles. The van der Waals surface area contributed by atoms with Gasteiger partial charge in [-0.1, -0.05) is 13.2 Å². The topological polar surface area (TPSA) is 93.2 Å². The molecule has 2 rings (SSSR count). The van der Waals surface area contributed by atoms with Crippen LogP contribution >= 0.6 is 0 Å². The minimum Gasteiger partial charge on any atom is -0.374 e. The Hall–Kier alpha value is -2.48. The summed E-state index contributed by atoms with van der Waals surface area (Å²) in [7, 11) is 0. The Labute approximate surface area is 126 Å². The third kappa shape index (κ3) is 3.06. The van der Waals surface area contributed by atoms with Crippen molar-refractivity contribution in [2.45, 2.75) is 12.5 Å². The second kappa shape index (κ2) is 6.52. The van der Waals surface area contributed by atoms with E-state index in [1.165, 1.54) is 11.0 Å². The number of amides is 3. The second-order valence-corrected chi connectivity index (χ2v) is 4.85. The standard InChI is InChI=1S/C14H16N2O6/c1-3-11(17)15-5-6-21-10(8-15)9-7-12(18)16(14(9)20)22-13(19)4-2/h3-4,9-10H,1-2,5-8H2. The van der Waals surface area contributed by atoms with Crippen LogP contribution in [-0.4, -0.2) is 59.5 Å². The van der Waals surface area contributed by atoms with Crippen LogP contribution in [0, 0.1) is 5.92 Å². The molecule has 0 bridgehead atoms. The van der Waals surface area contributed by atoms with Gasteiger partial charge < -0.3 is 14.5 Å². The molecule has 0 spiro atoms. The molecule has 2 fully saturated rings. The van der Waals surface area contributed by atoms with Crippen molar-refractivity contribution in [3.63, 3.8) is 0 Å². The highest BCUT2D eigenvalue weighted by Gasteiger charge is 2.47. The molecule has 0 radical (unpaired) electrons. The van der Waals surface area contributed by atoms with Gasteiger partial charge in [0.05, 0.1) is 18.6 Å². The summed E-state index contributed by atoms with van der Waals surface area (Å²) in [5.74, 6) is -3.22. The third-order valence-electron chi connectivity index (χ3n) is 3.51. The second-order valence-electron chi connectivity index (χ2n) is 4.85. The van der Waals surface area contributed by atoms with Gasteiger partial charge >= 0.3 is 5.97 Å². The van der Waals surface area contributed by atoms with Crippen LogP contribution in [0.2, 0.25) is 0 Å². The first-order valence-corrected chi connectivity index (χ1v) is 6.72. The lowest BCUT2D eigenvalue weighted by Crippen LogP contribution is -2.49. The summed E-state index contributed by atoms with van der Waals surface area (Å²) in [6.07, 6.45) is 1.28. The first kappa shape index (κ1) is 15.9. The van der Waals surface area contributed by atoms with Crippen LogP contribution in [0.4, 0.5) is 0 Å². The van der Waals surface area contributed by atoms with Crippen molar-refractivity contribution in [1.82, 2.24) is 9.96 Å². The van der Waals surface area contributed by atoms with Crippen molar-refractivity contribution < 1.29 is 28.8 Å². The number of carbonyl (C=O) groups excluding carboxylic acids is 4. The van der Waals surface area contributed by atoms with Crippen LogP contribution in [0.3, 0.4) is 0 Å². The van der Waals surface area contributed by atoms with Crippen molar-refractivity contribution in [1.29, 1.82) is 0 Å². The van der Waals surface area contributed by atoms with E-state index in [-0.39, 0.29) is 25.5 Å². The Morgan fingerprint density at radius 1 is 1.27 bits per heavy atom. The highest BCUT2D eigenvalue weighted by Crippen LogP contribution is 2.27. The molecule has 8 heteroatoms. The molecule has 0 N–H and O–H groups in total. The monoisotopic (exact) mass is 308 g/mol. The number of ether oxygens (including phenoxy) is 1. The van der Waals surface area contributed by atoms with E-state index in [0.29, 0.717) is 11.6 Å². The zero-order valence-corrected chi connectivity index (χ0v) is 11.9. The lowest BCUT2D eigenvalue weighted by Gasteiger charge is -2.34. The van der Waals surface area contributed by atoms with Crippen LogP contribution < -0.4 is 0 Å². The van der Waals surface area contributed by atoms with Gasteiger partial charge in [-0.15, -0.1) is 5.06 Å². The van der Waals surface area contributed by atoms with Crippen molar-refractivity contribution >= 4 is 23.7 Å². The molecule has 118 valence electrons. The van der Waals surface area contributed by atoms with Gasteiger partial charge in [0.1, 0.15) is 0 Å². The lowest BCUT2D eigenvalue weighted by molar-refractivity contribution is -0.195. The summed E-state index contributed by atoms with van der Waals surface area (Å²) in [6, 6.07) is 0. The molecule has 22 heavy (non-hydrogen) atoms. The minimum atomic E-state index is -0.893. The number of carbonyl (C=O) groups is 4. The number of hydroxylamine groups is 2. The molecule has 0 aliphatic carbocycles. The fraction of sp³-hybridized carbons (Fsp3) is 0.429. The van der Waals surface area contributed by atoms with E-state index in [0.717, 1.165) is 6.08 Å². The number of imide groups is 1. The van der Waals surface area contributed by atoms with Gasteiger partial charge in [-0.05, 0) is 6.08 Å². The zero-order chi connectivity index (χ0) is 16.3. The molecule has 0 aromatic heterocycles. The van der Waals surface area contributed by atoms with Crippen LogP contribution in [0.15, 0.2) is 25.3 Å². The minimum absolute atomic E-state index is 0.135. The number of rotatable bonds is 4. The average molecular weight is 308 g/mol. The Balaban J connectivity index is 2.06. The average Bonchev–Trinajstić information content (AvgIpc) is 2.82. The normalized spacial score (nSPS) is 25.1. The molecule has 8 nitrogen and oxygen atoms in total. The van der Waals surface area contributed by atoms with Crippen LogP contribution in [-0.2, 0) is 28.8 Å². The zero-order valence-electron chi connectivity index (χ0n) is 11.9. The molecule has 0 aromatic carbocycles. The number of hydrogen-bond acceptors (Lipinski definition) is 6. The Bertz CT molecular complexity index is 543. The van der Waals surface area contributed by atoms with Crippen LogP contribution in [0.5, 0.6) is 0 Å². The summed E-state index contributed by atoms with van der Waals surface area (Å²) >= 11 is 0. The van der Waals surface area contributed by atoms with E-state index in [1.807, 2.05) is 0 Å². The van der Waals surface area contributed by atoms with E-state index < -0.39 is 29.8 Å². The molecule has 3 amide bonds. The van der Waals surface area contributed by atoms with Gasteiger partial charge in [-0.2, -0.15) is 0 Å². The van der Waals surface area contributed by atoms with Crippen LogP contribution in [0.25, 0.3) is 0 Å². The Morgan fingerprint density at radius 3 is 2.64 bits per heavy atom. The summed E-state index contributed by atoms with van der Waals surface area (Å²) in [6.45, 7) is 7.44. The number of morpholine rings is 1. The Kier molecular flexibility index (Phi) is 4.71. The largest absolute Gasteiger partial charge is 0.374 e. The third-order valence-corrected chi connectivity index (χ3v) is 3.51. The molecular weight excluding hydrogens is 292 g/mol. The maximum Gasteiger partial charge on any atom is 0.356 e. The first-order chi connectivity index (χ1) is 10.5. The van der Waals surface area contributed by atoms with E-state index in [1.54, 1.807) is 0 Å². The summed E-state index contributed by atoms with van der Waals surface area (Å²) in [5.41, 5.74) is 0. The molecule has 2 aliphatic rings. The van der Waals surface area contributed by atoms with E-state index in [4.69, 9.17) is 4.74 Å². The van der Waals surface area contributed by atoms with E-state index in [2.05, 4.69) is 18.0 Å². The van der Waals surface area contributed by atoms with E-state index >= 15 is 0 Å². The predicted octanol–water partition coefficient (Wildman–Crippen LogP) is -0.581. The quantitative estimate of drug-likeness (QED) is 0.509. The molecule has 2 saturated heterocycles. The maximum atomic E-state index is 12.2. The fourth-order valence-corrected chi connectivity index (χ4v) is 2.39. The smallest absolute Gasteiger partial charge is 0.356 e. The van der Waals surface area contributed by atoms with Crippen LogP contribution in [0.1, 0.15) is 6.42 Å². The number of nitrogens with zero attached hydrogens (tertiary/aromatic N) is 2. The van der Waals surface area contributed by atoms with Gasteiger partial charge in [0.25, 0.3) is 11.8 Å². The summed E-state index contributed by atoms with van der Waals surface area (Å²) < 4.78 is 5.50. The molecular formula is C14H16N2O6. The summed E-state index contributed by atoms with van der Waals surface area (Å²) in [5, 5.41) is 0.437. The van der Waals surface area contributed by atoms with Crippen molar-refractivity contribution in [2.24, 2.45) is 5.92 Å². The van der Waals surface area contributed by atoms with Crippen molar-refractivity contribution in [2.75, 3.05) is 19.7 Å². The van der Waals surface area contributed by atoms with Crippen molar-refractivity contribution in [3.8, 4) is 0 Å². The van der Waals surface area contributed by atoms with Gasteiger partial charge in [0.2, 0.25) is 5.91 Å². The van der Waals surface area contributed by atoms with Gasteiger partial charge in [-0.25, -0.2) is 4.79 Å². The van der Waals surface area contributed by atoms with Gasteiger partial charge in [-0.3, -0.25) is 14.4 Å². The molecule has 2 heterocycles. The van der Waals surface area contributed by atoms with Crippen molar-refractivity contribution in [3.05, 3.63) is 25.3 Å². The Morgan fingerprint density at radius 2 is 2.00 bits per heavy atom. The van der Waals surface area contributed by atoms with E-state index in [9.17, 15) is 19.2 Å². The molecule has 0 aromatic rings. The first-order valence-electron chi connectivity index (χ1n) is 6.72. The lowest BCUT2D eigenvalue weighted by atomic mass is 9.99. The molecule has 2 atom stereocenters. The highest BCUT2D eigenvalue weighted by atomic mass is 16.7. The van der Waals surface area contributed by atoms with Gasteiger partial charge in [0.15, 0.2) is 0 Å². The highest BCUT2D eigenvalue weighted by molar-refractivity contribution is 6.04. The maximum absolute atomic E-state index is 12.2. The molecule has 2 unspecified atom stereocenters. The summed E-state index contributed by atoms with van der Waals surface area (Å²) in [4.78, 5) is 52.9. The van der Waals surface area contributed by atoms with Gasteiger partial charge in [0, 0.05) is 25.6 Å². The predicted molar refractivity (Wildman–Crippen MR) is 72.8 cm³/mol. The SMILES string of the molecule is C=CC(=O)ON1C(=O)CC(C2CN(C(=O)C=C)CCO2)C1=O. The fourth-order valence-electron chi connectivity index (χ4n) is 2.39. The molecule has 2 aliphatic heterocycles.